The second kappa shape index (κ2) is 4.79. The summed E-state index contributed by atoms with van der Waals surface area (Å²) in [5.41, 5.74) is 1.13. The Morgan fingerprint density at radius 1 is 1.73 bits per heavy atom. The number of carbonyl (C=O) groups excluding carboxylic acids is 1. The second-order valence-corrected chi connectivity index (χ2v) is 3.44. The molecule has 1 aromatic heterocycles. The molecule has 0 fully saturated rings. The minimum absolute atomic E-state index is 0.0981. The highest BCUT2D eigenvalue weighted by Crippen LogP contribution is 2.19. The van der Waals surface area contributed by atoms with Gasteiger partial charge in [-0.3, -0.25) is 4.79 Å². The van der Waals surface area contributed by atoms with Gasteiger partial charge in [0.05, 0.1) is 18.9 Å². The summed E-state index contributed by atoms with van der Waals surface area (Å²) in [4.78, 5) is 11.3. The third kappa shape index (κ3) is 2.70. The van der Waals surface area contributed by atoms with Crippen LogP contribution in [0.5, 0.6) is 0 Å². The summed E-state index contributed by atoms with van der Waals surface area (Å²) in [5.74, 6) is 0.356. The molecule has 15 heavy (non-hydrogen) atoms. The smallest absolute Gasteiger partial charge is 0.246 e. The van der Waals surface area contributed by atoms with Crippen molar-refractivity contribution in [1.29, 1.82) is 0 Å². The first kappa shape index (κ1) is 11.5. The highest BCUT2D eigenvalue weighted by atomic mass is 16.3. The molecular weight excluding hydrogens is 194 g/mol. The third-order valence-electron chi connectivity index (χ3n) is 2.08. The van der Waals surface area contributed by atoms with Gasteiger partial charge in [-0.1, -0.05) is 6.58 Å². The number of nitrogens with one attached hydrogen (secondary N) is 1. The molecule has 0 bridgehead atoms. The predicted octanol–water partition coefficient (Wildman–Crippen LogP) is 1.53. The zero-order valence-electron chi connectivity index (χ0n) is 8.91. The minimum Gasteiger partial charge on any atom is -0.467 e. The molecular formula is C11H15NO3. The fourth-order valence-corrected chi connectivity index (χ4v) is 1.24. The van der Waals surface area contributed by atoms with Crippen LogP contribution in [0.25, 0.3) is 0 Å². The number of rotatable bonds is 4. The van der Waals surface area contributed by atoms with Crippen LogP contribution in [0.3, 0.4) is 0 Å². The van der Waals surface area contributed by atoms with E-state index in [0.717, 1.165) is 0 Å². The van der Waals surface area contributed by atoms with Crippen LogP contribution < -0.4 is 5.32 Å². The van der Waals surface area contributed by atoms with E-state index in [1.165, 1.54) is 6.26 Å². The topological polar surface area (TPSA) is 62.5 Å². The lowest BCUT2D eigenvalue weighted by Crippen LogP contribution is -2.27. The Labute approximate surface area is 88.6 Å². The van der Waals surface area contributed by atoms with Gasteiger partial charge in [0.2, 0.25) is 5.91 Å². The van der Waals surface area contributed by atoms with Crippen molar-refractivity contribution in [3.63, 3.8) is 0 Å². The molecule has 4 nitrogen and oxygen atoms in total. The van der Waals surface area contributed by atoms with E-state index in [4.69, 9.17) is 9.52 Å². The number of hydrogen-bond acceptors (Lipinski definition) is 3. The molecule has 1 atom stereocenters. The quantitative estimate of drug-likeness (QED) is 0.739. The monoisotopic (exact) mass is 209 g/mol. The molecule has 0 aliphatic rings. The van der Waals surface area contributed by atoms with Crippen molar-refractivity contribution in [3.8, 4) is 0 Å². The number of furan rings is 1. The molecule has 0 radical (unpaired) electrons. The first-order valence-corrected chi connectivity index (χ1v) is 4.69. The summed E-state index contributed by atoms with van der Waals surface area (Å²) in [5, 5.41) is 11.7. The average Bonchev–Trinajstić information content (AvgIpc) is 2.64. The van der Waals surface area contributed by atoms with Gasteiger partial charge in [-0.25, -0.2) is 0 Å². The molecule has 1 rings (SSSR count). The van der Waals surface area contributed by atoms with Gasteiger partial charge in [0.15, 0.2) is 0 Å². The lowest BCUT2D eigenvalue weighted by molar-refractivity contribution is -0.118. The summed E-state index contributed by atoms with van der Waals surface area (Å²) in [6.07, 6.45) is 1.49. The Morgan fingerprint density at radius 2 is 2.40 bits per heavy atom. The van der Waals surface area contributed by atoms with Crippen LogP contribution in [0.15, 0.2) is 28.9 Å². The van der Waals surface area contributed by atoms with Gasteiger partial charge in [-0.05, 0) is 19.9 Å². The van der Waals surface area contributed by atoms with E-state index < -0.39 is 0 Å². The van der Waals surface area contributed by atoms with Gasteiger partial charge in [0, 0.05) is 11.1 Å². The summed E-state index contributed by atoms with van der Waals surface area (Å²) >= 11 is 0. The van der Waals surface area contributed by atoms with Crippen LogP contribution in [-0.2, 0) is 11.4 Å². The van der Waals surface area contributed by atoms with E-state index in [-0.39, 0.29) is 18.6 Å². The molecule has 0 saturated carbocycles. The van der Waals surface area contributed by atoms with Gasteiger partial charge < -0.3 is 14.8 Å². The van der Waals surface area contributed by atoms with Gasteiger partial charge in [0.25, 0.3) is 0 Å². The Kier molecular flexibility index (Phi) is 3.68. The summed E-state index contributed by atoms with van der Waals surface area (Å²) in [7, 11) is 0. The molecule has 1 heterocycles. The van der Waals surface area contributed by atoms with Crippen LogP contribution in [0, 0.1) is 0 Å². The maximum atomic E-state index is 11.3. The van der Waals surface area contributed by atoms with Gasteiger partial charge in [0.1, 0.15) is 5.76 Å². The molecule has 82 valence electrons. The normalized spacial score (nSPS) is 12.2. The van der Waals surface area contributed by atoms with E-state index in [2.05, 4.69) is 11.9 Å². The molecule has 0 aliphatic carbocycles. The van der Waals surface area contributed by atoms with Crippen LogP contribution in [0.4, 0.5) is 0 Å². The number of aliphatic hydroxyl groups is 1. The number of carbonyl (C=O) groups is 1. The second-order valence-electron chi connectivity index (χ2n) is 3.44. The summed E-state index contributed by atoms with van der Waals surface area (Å²) < 4.78 is 5.19. The fraction of sp³-hybridized carbons (Fsp3) is 0.364. The Bertz CT molecular complexity index is 368. The van der Waals surface area contributed by atoms with Crippen LogP contribution in [0.1, 0.15) is 31.2 Å². The number of hydrogen-bond donors (Lipinski definition) is 2. The van der Waals surface area contributed by atoms with Crippen molar-refractivity contribution in [1.82, 2.24) is 5.32 Å². The lowest BCUT2D eigenvalue weighted by atomic mass is 10.1. The van der Waals surface area contributed by atoms with Crippen molar-refractivity contribution >= 4 is 5.91 Å². The highest BCUT2D eigenvalue weighted by Gasteiger charge is 2.16. The number of amides is 1. The Morgan fingerprint density at radius 3 is 2.93 bits per heavy atom. The van der Waals surface area contributed by atoms with Crippen molar-refractivity contribution in [2.75, 3.05) is 0 Å². The SMILES string of the molecule is C=C(C)C(=O)NC(C)c1occc1CO. The maximum absolute atomic E-state index is 11.3. The minimum atomic E-state index is -0.272. The zero-order valence-corrected chi connectivity index (χ0v) is 8.91. The van der Waals surface area contributed by atoms with E-state index in [0.29, 0.717) is 16.9 Å². The molecule has 4 heteroatoms. The van der Waals surface area contributed by atoms with Crippen molar-refractivity contribution in [2.24, 2.45) is 0 Å². The lowest BCUT2D eigenvalue weighted by Gasteiger charge is -2.12. The molecule has 1 aromatic rings. The first-order chi connectivity index (χ1) is 7.06. The molecule has 0 spiro atoms. The highest BCUT2D eigenvalue weighted by molar-refractivity contribution is 5.92. The predicted molar refractivity (Wildman–Crippen MR) is 56.0 cm³/mol. The Hall–Kier alpha value is -1.55. The Balaban J connectivity index is 2.73. The fourth-order valence-electron chi connectivity index (χ4n) is 1.24. The first-order valence-electron chi connectivity index (χ1n) is 4.69. The molecule has 1 amide bonds. The van der Waals surface area contributed by atoms with Crippen molar-refractivity contribution < 1.29 is 14.3 Å². The van der Waals surface area contributed by atoms with Crippen LogP contribution in [-0.4, -0.2) is 11.0 Å². The van der Waals surface area contributed by atoms with Crippen LogP contribution >= 0.6 is 0 Å². The molecule has 0 aliphatic heterocycles. The maximum Gasteiger partial charge on any atom is 0.246 e. The van der Waals surface area contributed by atoms with E-state index in [1.807, 2.05) is 0 Å². The van der Waals surface area contributed by atoms with Crippen molar-refractivity contribution in [3.05, 3.63) is 35.8 Å². The average molecular weight is 209 g/mol. The van der Waals surface area contributed by atoms with Gasteiger partial charge in [-0.2, -0.15) is 0 Å². The molecule has 1 unspecified atom stereocenters. The van der Waals surface area contributed by atoms with Gasteiger partial charge in [-0.15, -0.1) is 0 Å². The summed E-state index contributed by atoms with van der Waals surface area (Å²) in [6.45, 7) is 6.87. The molecule has 2 N–H and O–H groups in total. The third-order valence-corrected chi connectivity index (χ3v) is 2.08. The van der Waals surface area contributed by atoms with E-state index in [9.17, 15) is 4.79 Å². The number of aliphatic hydroxyl groups excluding tert-OH is 1. The summed E-state index contributed by atoms with van der Waals surface area (Å²) in [6, 6.07) is 1.41. The van der Waals surface area contributed by atoms with Gasteiger partial charge >= 0.3 is 0 Å². The van der Waals surface area contributed by atoms with E-state index in [1.54, 1.807) is 19.9 Å². The van der Waals surface area contributed by atoms with Crippen LogP contribution in [0.2, 0.25) is 0 Å². The molecule has 0 aromatic carbocycles. The zero-order chi connectivity index (χ0) is 11.4. The van der Waals surface area contributed by atoms with E-state index >= 15 is 0 Å². The van der Waals surface area contributed by atoms with Crippen molar-refractivity contribution in [2.45, 2.75) is 26.5 Å². The molecule has 0 saturated heterocycles. The standard InChI is InChI=1S/C11H15NO3/c1-7(2)11(14)12-8(3)10-9(6-13)4-5-15-10/h4-5,8,13H,1,6H2,2-3H3,(H,12,14). The largest absolute Gasteiger partial charge is 0.467 e.